The first-order valence-corrected chi connectivity index (χ1v) is 8.59. The Morgan fingerprint density at radius 1 is 1.40 bits per heavy atom. The molecule has 1 amide bonds. The van der Waals surface area contributed by atoms with E-state index in [0.29, 0.717) is 31.1 Å². The summed E-state index contributed by atoms with van der Waals surface area (Å²) in [6, 6.07) is 7.49. The van der Waals surface area contributed by atoms with Crippen LogP contribution in [0.5, 0.6) is 0 Å². The zero-order valence-corrected chi connectivity index (χ0v) is 14.7. The van der Waals surface area contributed by atoms with E-state index in [9.17, 15) is 4.79 Å². The number of carbonyl (C=O) groups excluding carboxylic acids is 1. The lowest BCUT2D eigenvalue weighted by molar-refractivity contribution is -0.125. The standard InChI is InChI=1S/C19H24N2O4/c1-13(2)7-10-24-18-12-23-9-8-15(18)20-19(22)11-16-14-5-3-4-6-17(14)25-21-16/h3-7,15,18H,8-12H2,1-2H3,(H,20,22)/t15-,18-/m1/s1. The molecule has 1 aliphatic rings. The third kappa shape index (κ3) is 4.67. The van der Waals surface area contributed by atoms with Crippen molar-refractivity contribution in [3.63, 3.8) is 0 Å². The van der Waals surface area contributed by atoms with Crippen LogP contribution in [-0.2, 0) is 20.7 Å². The van der Waals surface area contributed by atoms with Crippen LogP contribution in [0, 0.1) is 0 Å². The third-order valence-corrected chi connectivity index (χ3v) is 4.23. The molecule has 134 valence electrons. The van der Waals surface area contributed by atoms with Crippen LogP contribution in [0.3, 0.4) is 0 Å². The number of benzene rings is 1. The lowest BCUT2D eigenvalue weighted by Gasteiger charge is -2.31. The molecule has 0 spiro atoms. The number of fused-ring (bicyclic) bond motifs is 1. The Kier molecular flexibility index (Phi) is 5.83. The van der Waals surface area contributed by atoms with Crippen LogP contribution in [0.1, 0.15) is 26.0 Å². The monoisotopic (exact) mass is 344 g/mol. The zero-order valence-electron chi connectivity index (χ0n) is 14.7. The van der Waals surface area contributed by atoms with E-state index in [0.717, 1.165) is 11.8 Å². The molecule has 0 radical (unpaired) electrons. The molecular weight excluding hydrogens is 320 g/mol. The van der Waals surface area contributed by atoms with Gasteiger partial charge in [-0.25, -0.2) is 0 Å². The summed E-state index contributed by atoms with van der Waals surface area (Å²) < 4.78 is 16.6. The summed E-state index contributed by atoms with van der Waals surface area (Å²) >= 11 is 0. The summed E-state index contributed by atoms with van der Waals surface area (Å²) in [6.07, 6.45) is 2.82. The second kappa shape index (κ2) is 8.27. The fourth-order valence-electron chi connectivity index (χ4n) is 2.86. The molecule has 1 saturated heterocycles. The predicted molar refractivity (Wildman–Crippen MR) is 94.3 cm³/mol. The molecule has 0 unspecified atom stereocenters. The Morgan fingerprint density at radius 3 is 3.08 bits per heavy atom. The quantitative estimate of drug-likeness (QED) is 0.816. The van der Waals surface area contributed by atoms with Gasteiger partial charge >= 0.3 is 0 Å². The van der Waals surface area contributed by atoms with Crippen LogP contribution in [-0.4, -0.2) is 43.0 Å². The number of ether oxygens (including phenoxy) is 2. The number of nitrogens with zero attached hydrogens (tertiary/aromatic N) is 1. The average molecular weight is 344 g/mol. The van der Waals surface area contributed by atoms with Crippen molar-refractivity contribution in [3.05, 3.63) is 41.6 Å². The lowest BCUT2D eigenvalue weighted by Crippen LogP contribution is -2.50. The number of allylic oxidation sites excluding steroid dienone is 1. The predicted octanol–water partition coefficient (Wildman–Crippen LogP) is 2.63. The van der Waals surface area contributed by atoms with Crippen molar-refractivity contribution in [1.82, 2.24) is 10.5 Å². The van der Waals surface area contributed by atoms with Crippen molar-refractivity contribution < 1.29 is 18.8 Å². The largest absolute Gasteiger partial charge is 0.379 e. The Bertz CT molecular complexity index is 749. The van der Waals surface area contributed by atoms with E-state index >= 15 is 0 Å². The van der Waals surface area contributed by atoms with Crippen molar-refractivity contribution in [1.29, 1.82) is 0 Å². The fraction of sp³-hybridized carbons (Fsp3) is 0.474. The molecule has 1 aromatic heterocycles. The molecule has 1 aromatic carbocycles. The fourth-order valence-corrected chi connectivity index (χ4v) is 2.86. The molecule has 0 bridgehead atoms. The summed E-state index contributed by atoms with van der Waals surface area (Å²) in [5, 5.41) is 7.96. The van der Waals surface area contributed by atoms with Gasteiger partial charge in [0, 0.05) is 12.0 Å². The van der Waals surface area contributed by atoms with Crippen LogP contribution in [0.4, 0.5) is 0 Å². The van der Waals surface area contributed by atoms with E-state index < -0.39 is 0 Å². The molecular formula is C19H24N2O4. The number of hydrogen-bond acceptors (Lipinski definition) is 5. The summed E-state index contributed by atoms with van der Waals surface area (Å²) in [4.78, 5) is 12.4. The second-order valence-corrected chi connectivity index (χ2v) is 6.49. The normalized spacial score (nSPS) is 20.4. The summed E-state index contributed by atoms with van der Waals surface area (Å²) in [5.74, 6) is -0.0817. The third-order valence-electron chi connectivity index (χ3n) is 4.23. The van der Waals surface area contributed by atoms with Gasteiger partial charge in [-0.2, -0.15) is 0 Å². The molecule has 0 aliphatic carbocycles. The Hall–Kier alpha value is -2.18. The van der Waals surface area contributed by atoms with E-state index in [4.69, 9.17) is 14.0 Å². The van der Waals surface area contributed by atoms with E-state index in [-0.39, 0.29) is 24.5 Å². The Morgan fingerprint density at radius 2 is 2.24 bits per heavy atom. The van der Waals surface area contributed by atoms with Crippen molar-refractivity contribution in [2.24, 2.45) is 0 Å². The van der Waals surface area contributed by atoms with Gasteiger partial charge in [-0.05, 0) is 32.4 Å². The molecule has 6 nitrogen and oxygen atoms in total. The number of amides is 1. The highest BCUT2D eigenvalue weighted by Gasteiger charge is 2.28. The highest BCUT2D eigenvalue weighted by Crippen LogP contribution is 2.18. The number of nitrogens with one attached hydrogen (secondary N) is 1. The first-order valence-electron chi connectivity index (χ1n) is 8.59. The van der Waals surface area contributed by atoms with Gasteiger partial charge in [0.25, 0.3) is 0 Å². The van der Waals surface area contributed by atoms with Crippen LogP contribution in [0.2, 0.25) is 0 Å². The lowest BCUT2D eigenvalue weighted by atomic mass is 10.1. The number of carbonyl (C=O) groups is 1. The van der Waals surface area contributed by atoms with Crippen molar-refractivity contribution in [2.75, 3.05) is 19.8 Å². The average Bonchev–Trinajstić information content (AvgIpc) is 2.99. The number of para-hydroxylation sites is 1. The zero-order chi connectivity index (χ0) is 17.6. The summed E-state index contributed by atoms with van der Waals surface area (Å²) in [7, 11) is 0. The molecule has 25 heavy (non-hydrogen) atoms. The SMILES string of the molecule is CC(C)=CCO[C@@H]1COCC[C@H]1NC(=O)Cc1noc2ccccc12. The van der Waals surface area contributed by atoms with Crippen LogP contribution in [0.25, 0.3) is 11.0 Å². The second-order valence-electron chi connectivity index (χ2n) is 6.49. The van der Waals surface area contributed by atoms with E-state index in [1.807, 2.05) is 44.2 Å². The smallest absolute Gasteiger partial charge is 0.226 e. The Balaban J connectivity index is 1.59. The van der Waals surface area contributed by atoms with E-state index in [1.165, 1.54) is 5.57 Å². The van der Waals surface area contributed by atoms with Crippen LogP contribution in [0.15, 0.2) is 40.4 Å². The van der Waals surface area contributed by atoms with Crippen molar-refractivity contribution >= 4 is 16.9 Å². The van der Waals surface area contributed by atoms with Crippen LogP contribution >= 0.6 is 0 Å². The van der Waals surface area contributed by atoms with Gasteiger partial charge in [0.05, 0.1) is 25.7 Å². The minimum absolute atomic E-state index is 0.0509. The molecule has 1 N–H and O–H groups in total. The summed E-state index contributed by atoms with van der Waals surface area (Å²) in [6.45, 7) is 5.70. The number of hydrogen-bond donors (Lipinski definition) is 1. The molecule has 2 heterocycles. The number of aromatic nitrogens is 1. The minimum atomic E-state index is -0.137. The molecule has 0 saturated carbocycles. The first kappa shape index (κ1) is 17.6. The maximum absolute atomic E-state index is 12.4. The van der Waals surface area contributed by atoms with Gasteiger partial charge in [0.15, 0.2) is 5.58 Å². The molecule has 2 aromatic rings. The van der Waals surface area contributed by atoms with Gasteiger partial charge in [-0.15, -0.1) is 0 Å². The Labute approximate surface area is 147 Å². The van der Waals surface area contributed by atoms with Gasteiger partial charge in [-0.1, -0.05) is 28.9 Å². The highest BCUT2D eigenvalue weighted by molar-refractivity contribution is 5.86. The highest BCUT2D eigenvalue weighted by atomic mass is 16.5. The molecule has 1 aliphatic heterocycles. The topological polar surface area (TPSA) is 73.6 Å². The van der Waals surface area contributed by atoms with Gasteiger partial charge in [0.2, 0.25) is 5.91 Å². The van der Waals surface area contributed by atoms with Crippen LogP contribution < -0.4 is 5.32 Å². The summed E-state index contributed by atoms with van der Waals surface area (Å²) in [5.41, 5.74) is 2.55. The van der Waals surface area contributed by atoms with Gasteiger partial charge in [-0.3, -0.25) is 4.79 Å². The van der Waals surface area contributed by atoms with Gasteiger partial charge < -0.3 is 19.3 Å². The van der Waals surface area contributed by atoms with Crippen molar-refractivity contribution in [2.45, 2.75) is 38.8 Å². The molecule has 2 atom stereocenters. The van der Waals surface area contributed by atoms with Gasteiger partial charge in [0.1, 0.15) is 11.8 Å². The molecule has 6 heteroatoms. The first-order chi connectivity index (χ1) is 12.1. The van der Waals surface area contributed by atoms with E-state index in [1.54, 1.807) is 0 Å². The molecule has 1 fully saturated rings. The van der Waals surface area contributed by atoms with E-state index in [2.05, 4.69) is 10.5 Å². The minimum Gasteiger partial charge on any atom is -0.379 e. The van der Waals surface area contributed by atoms with Crippen molar-refractivity contribution in [3.8, 4) is 0 Å². The maximum atomic E-state index is 12.4. The molecule has 3 rings (SSSR count). The maximum Gasteiger partial charge on any atom is 0.226 e. The number of rotatable bonds is 6.